The van der Waals surface area contributed by atoms with Gasteiger partial charge in [-0.05, 0) is 31.1 Å². The Morgan fingerprint density at radius 2 is 2.24 bits per heavy atom. The van der Waals surface area contributed by atoms with Crippen LogP contribution in [0.4, 0.5) is 0 Å². The van der Waals surface area contributed by atoms with Crippen molar-refractivity contribution in [3.63, 3.8) is 0 Å². The highest BCUT2D eigenvalue weighted by atomic mass is 16.5. The maximum absolute atomic E-state index is 12.3. The van der Waals surface area contributed by atoms with Crippen LogP contribution in [-0.2, 0) is 9.53 Å². The summed E-state index contributed by atoms with van der Waals surface area (Å²) < 4.78 is 5.92. The highest BCUT2D eigenvalue weighted by Crippen LogP contribution is 2.54. The Bertz CT molecular complexity index is 369. The summed E-state index contributed by atoms with van der Waals surface area (Å²) in [4.78, 5) is 12.3. The largest absolute Gasteiger partial charge is 0.377 e. The number of hydrogen-bond donors (Lipinski definition) is 0. The maximum Gasteiger partial charge on any atom is 0.158 e. The van der Waals surface area contributed by atoms with E-state index >= 15 is 0 Å². The van der Waals surface area contributed by atoms with Crippen molar-refractivity contribution in [1.82, 2.24) is 0 Å². The van der Waals surface area contributed by atoms with Gasteiger partial charge in [0.15, 0.2) is 5.78 Å². The summed E-state index contributed by atoms with van der Waals surface area (Å²) in [5.41, 5.74) is -0.481. The van der Waals surface area contributed by atoms with E-state index in [0.717, 1.165) is 25.9 Å². The van der Waals surface area contributed by atoms with Gasteiger partial charge in [0.2, 0.25) is 0 Å². The first-order chi connectivity index (χ1) is 7.98. The molecule has 3 nitrogen and oxygen atoms in total. The van der Waals surface area contributed by atoms with Crippen LogP contribution in [0.25, 0.3) is 0 Å². The van der Waals surface area contributed by atoms with E-state index in [1.165, 1.54) is 0 Å². The molecule has 1 heterocycles. The van der Waals surface area contributed by atoms with Crippen LogP contribution in [-0.4, -0.2) is 18.5 Å². The number of carbonyl (C=O) groups is 1. The molecular formula is C14H21NO2. The summed E-state index contributed by atoms with van der Waals surface area (Å²) in [5, 5.41) is 9.18. The summed E-state index contributed by atoms with van der Waals surface area (Å²) in [7, 11) is 0. The van der Waals surface area contributed by atoms with Crippen LogP contribution in [0.2, 0.25) is 0 Å². The van der Waals surface area contributed by atoms with Gasteiger partial charge >= 0.3 is 0 Å². The molecule has 0 radical (unpaired) electrons. The molecule has 1 saturated heterocycles. The molecule has 0 aromatic rings. The van der Waals surface area contributed by atoms with Gasteiger partial charge in [-0.25, -0.2) is 0 Å². The lowest BCUT2D eigenvalue weighted by atomic mass is 9.54. The summed E-state index contributed by atoms with van der Waals surface area (Å²) >= 11 is 0. The first-order valence-electron chi connectivity index (χ1n) is 6.53. The average molecular weight is 235 g/mol. The molecule has 2 rings (SSSR count). The monoisotopic (exact) mass is 235 g/mol. The molecule has 94 valence electrons. The molecule has 1 unspecified atom stereocenters. The van der Waals surface area contributed by atoms with E-state index in [1.807, 2.05) is 13.8 Å². The van der Waals surface area contributed by atoms with Gasteiger partial charge in [0.25, 0.3) is 0 Å². The zero-order chi connectivity index (χ0) is 12.7. The van der Waals surface area contributed by atoms with Crippen molar-refractivity contribution in [2.75, 3.05) is 6.61 Å². The number of hydrogen-bond acceptors (Lipinski definition) is 3. The average Bonchev–Trinajstić information content (AvgIpc) is 2.34. The quantitative estimate of drug-likeness (QED) is 0.702. The molecule has 2 aliphatic rings. The molecule has 3 heteroatoms. The number of Topliss-reactive ketones (excluding diaryl/α,β-unsaturated/α-hetero) is 1. The first-order valence-corrected chi connectivity index (χ1v) is 6.53. The van der Waals surface area contributed by atoms with E-state index in [0.29, 0.717) is 6.42 Å². The predicted molar refractivity (Wildman–Crippen MR) is 64.2 cm³/mol. The summed E-state index contributed by atoms with van der Waals surface area (Å²) in [6, 6.07) is 2.20. The minimum absolute atomic E-state index is 0.00847. The number of carbonyl (C=O) groups excluding carboxylic acids is 1. The Balaban J connectivity index is 2.42. The summed E-state index contributed by atoms with van der Waals surface area (Å²) in [6.45, 7) is 6.79. The van der Waals surface area contributed by atoms with Crippen LogP contribution in [0.1, 0.15) is 46.5 Å². The van der Waals surface area contributed by atoms with Crippen molar-refractivity contribution in [2.45, 2.75) is 52.6 Å². The zero-order valence-electron chi connectivity index (χ0n) is 11.0. The third-order valence-corrected chi connectivity index (χ3v) is 4.74. The lowest BCUT2D eigenvalue weighted by Gasteiger charge is -2.54. The van der Waals surface area contributed by atoms with Gasteiger partial charge in [0.1, 0.15) is 5.92 Å². The van der Waals surface area contributed by atoms with Crippen molar-refractivity contribution in [3.8, 4) is 6.07 Å². The van der Waals surface area contributed by atoms with Gasteiger partial charge in [-0.15, -0.1) is 0 Å². The number of ketones is 1. The molecule has 2 fully saturated rings. The second kappa shape index (κ2) is 4.10. The molecule has 0 amide bonds. The smallest absolute Gasteiger partial charge is 0.158 e. The normalized spacial score (nSPS) is 40.5. The van der Waals surface area contributed by atoms with Crippen molar-refractivity contribution in [2.24, 2.45) is 16.7 Å². The van der Waals surface area contributed by atoms with Gasteiger partial charge < -0.3 is 4.74 Å². The van der Waals surface area contributed by atoms with Gasteiger partial charge in [-0.1, -0.05) is 20.8 Å². The number of ether oxygens (including phenoxy) is 1. The van der Waals surface area contributed by atoms with Gasteiger partial charge in [-0.2, -0.15) is 5.26 Å². The summed E-state index contributed by atoms with van der Waals surface area (Å²) in [5.74, 6) is -0.376. The molecule has 3 atom stereocenters. The highest BCUT2D eigenvalue weighted by Gasteiger charge is 2.57. The minimum atomic E-state index is -0.519. The fourth-order valence-electron chi connectivity index (χ4n) is 3.80. The Hall–Kier alpha value is -0.880. The van der Waals surface area contributed by atoms with Crippen LogP contribution in [0.15, 0.2) is 0 Å². The topological polar surface area (TPSA) is 50.1 Å². The fraction of sp³-hybridized carbons (Fsp3) is 0.857. The van der Waals surface area contributed by atoms with Crippen LogP contribution < -0.4 is 0 Å². The molecular weight excluding hydrogens is 214 g/mol. The van der Waals surface area contributed by atoms with Gasteiger partial charge in [-0.3, -0.25) is 4.79 Å². The molecule has 1 aliphatic carbocycles. The molecule has 17 heavy (non-hydrogen) atoms. The maximum atomic E-state index is 12.3. The van der Waals surface area contributed by atoms with Crippen LogP contribution in [0.5, 0.6) is 0 Å². The fourth-order valence-corrected chi connectivity index (χ4v) is 3.80. The Morgan fingerprint density at radius 1 is 1.53 bits per heavy atom. The van der Waals surface area contributed by atoms with E-state index in [4.69, 9.17) is 4.74 Å². The third-order valence-electron chi connectivity index (χ3n) is 4.74. The molecule has 0 aromatic carbocycles. The standard InChI is InChI=1S/C14H21NO2/c1-4-14-6-5-7-17-12(14)13(2,3)11(16)10(8-14)9-15/h10,12H,4-8H2,1-3H3/t10?,12-,14-/m0/s1. The molecule has 1 saturated carbocycles. The van der Waals surface area contributed by atoms with Crippen LogP contribution in [0, 0.1) is 28.1 Å². The molecule has 1 aliphatic heterocycles. The Kier molecular flexibility index (Phi) is 3.03. The van der Waals surface area contributed by atoms with E-state index < -0.39 is 11.3 Å². The second-order valence-electron chi connectivity index (χ2n) is 6.04. The minimum Gasteiger partial charge on any atom is -0.377 e. The molecule has 0 spiro atoms. The van der Waals surface area contributed by atoms with Crippen LogP contribution >= 0.6 is 0 Å². The Morgan fingerprint density at radius 3 is 2.82 bits per heavy atom. The molecule has 0 aromatic heterocycles. The van der Waals surface area contributed by atoms with E-state index in [2.05, 4.69) is 13.0 Å². The lowest BCUT2D eigenvalue weighted by molar-refractivity contribution is -0.183. The predicted octanol–water partition coefficient (Wildman–Crippen LogP) is 2.70. The van der Waals surface area contributed by atoms with Gasteiger partial charge in [0, 0.05) is 6.61 Å². The lowest BCUT2D eigenvalue weighted by Crippen LogP contribution is -2.58. The number of fused-ring (bicyclic) bond motifs is 1. The van der Waals surface area contributed by atoms with E-state index in [-0.39, 0.29) is 17.3 Å². The van der Waals surface area contributed by atoms with Gasteiger partial charge in [0.05, 0.1) is 17.6 Å². The summed E-state index contributed by atoms with van der Waals surface area (Å²) in [6.07, 6.45) is 3.81. The zero-order valence-corrected chi connectivity index (χ0v) is 11.0. The van der Waals surface area contributed by atoms with E-state index in [1.54, 1.807) is 0 Å². The highest BCUT2D eigenvalue weighted by molar-refractivity contribution is 5.90. The van der Waals surface area contributed by atoms with Crippen molar-refractivity contribution in [3.05, 3.63) is 0 Å². The second-order valence-corrected chi connectivity index (χ2v) is 6.04. The number of nitriles is 1. The van der Waals surface area contributed by atoms with Crippen LogP contribution in [0.3, 0.4) is 0 Å². The first kappa shape index (κ1) is 12.6. The molecule has 0 N–H and O–H groups in total. The number of rotatable bonds is 1. The SMILES string of the molecule is CC[C@@]12CCCO[C@H]1C(C)(C)C(=O)C(C#N)C2. The van der Waals surface area contributed by atoms with Crippen molar-refractivity contribution in [1.29, 1.82) is 5.26 Å². The van der Waals surface area contributed by atoms with Crippen molar-refractivity contribution < 1.29 is 9.53 Å². The van der Waals surface area contributed by atoms with E-state index in [9.17, 15) is 10.1 Å². The molecule has 0 bridgehead atoms. The third kappa shape index (κ3) is 1.70. The number of nitrogens with zero attached hydrogens (tertiary/aromatic N) is 1. The van der Waals surface area contributed by atoms with Crippen molar-refractivity contribution >= 4 is 5.78 Å². The Labute approximate surface area is 103 Å².